The Hall–Kier alpha value is -1.55. The summed E-state index contributed by atoms with van der Waals surface area (Å²) in [5, 5.41) is 0. The number of halogens is 14. The van der Waals surface area contributed by atoms with E-state index < -0.39 is 49.0 Å². The van der Waals surface area contributed by atoms with Gasteiger partial charge in [-0.15, -0.1) is 0 Å². The van der Waals surface area contributed by atoms with Crippen molar-refractivity contribution in [2.24, 2.45) is 0 Å². The molecule has 0 aromatic rings. The van der Waals surface area contributed by atoms with Gasteiger partial charge in [-0.05, 0) is 0 Å². The Balaban J connectivity index is 5.82. The van der Waals surface area contributed by atoms with Gasteiger partial charge in [0.25, 0.3) is 0 Å². The van der Waals surface area contributed by atoms with E-state index in [9.17, 15) is 66.3 Å². The number of ether oxygens (including phenoxy) is 2. The van der Waals surface area contributed by atoms with Gasteiger partial charge in [-0.25, -0.2) is 4.79 Å². The molecule has 0 spiro atoms. The van der Waals surface area contributed by atoms with Crippen LogP contribution in [0.15, 0.2) is 0 Å². The van der Waals surface area contributed by atoms with E-state index in [1.165, 1.54) is 0 Å². The van der Waals surface area contributed by atoms with Gasteiger partial charge in [-0.2, -0.15) is 61.5 Å². The highest BCUT2D eigenvalue weighted by atomic mass is 19.4. The molecule has 0 aromatic heterocycles. The lowest BCUT2D eigenvalue weighted by Crippen LogP contribution is -2.62. The fraction of sp³-hybridized carbons (Fsp3) is 0.875. The van der Waals surface area contributed by atoms with E-state index in [2.05, 4.69) is 4.74 Å². The van der Waals surface area contributed by atoms with Crippen molar-refractivity contribution in [3.8, 4) is 0 Å². The van der Waals surface area contributed by atoms with Crippen molar-refractivity contribution in [3.05, 3.63) is 0 Å². The zero-order valence-electron chi connectivity index (χ0n) is 10.7. The molecule has 0 fully saturated rings. The van der Waals surface area contributed by atoms with E-state index in [0.29, 0.717) is 0 Å². The molecule has 0 heterocycles. The average Bonchev–Trinajstić information content (AvgIpc) is 2.31. The predicted molar refractivity (Wildman–Crippen MR) is 43.9 cm³/mol. The summed E-state index contributed by atoms with van der Waals surface area (Å²) >= 11 is 0. The molecule has 0 unspecified atom stereocenters. The fourth-order valence-electron chi connectivity index (χ4n) is 0.861. The summed E-state index contributed by atoms with van der Waals surface area (Å²) in [6, 6.07) is 0. The number of esters is 1. The van der Waals surface area contributed by atoms with Crippen LogP contribution < -0.4 is 0 Å². The van der Waals surface area contributed by atoms with E-state index in [4.69, 9.17) is 0 Å². The molecule has 0 saturated heterocycles. The molecule has 150 valence electrons. The van der Waals surface area contributed by atoms with Crippen molar-refractivity contribution in [2.45, 2.75) is 36.4 Å². The quantitative estimate of drug-likeness (QED) is 0.504. The first kappa shape index (κ1) is 23.4. The first-order chi connectivity index (χ1) is 10.6. The van der Waals surface area contributed by atoms with Crippen molar-refractivity contribution >= 4 is 5.97 Å². The van der Waals surface area contributed by atoms with Gasteiger partial charge in [0, 0.05) is 0 Å². The minimum absolute atomic E-state index is 1.67. The lowest BCUT2D eigenvalue weighted by molar-refractivity contribution is -0.475. The molecule has 17 heteroatoms. The van der Waals surface area contributed by atoms with Crippen molar-refractivity contribution in [1.29, 1.82) is 0 Å². The van der Waals surface area contributed by atoms with Crippen molar-refractivity contribution in [2.75, 3.05) is 6.61 Å². The Morgan fingerprint density at radius 3 is 1.36 bits per heavy atom. The van der Waals surface area contributed by atoms with Crippen LogP contribution in [0.25, 0.3) is 0 Å². The normalized spacial score (nSPS) is 17.2. The highest BCUT2D eigenvalue weighted by molar-refractivity contribution is 5.79. The number of hydrogen-bond acceptors (Lipinski definition) is 3. The van der Waals surface area contributed by atoms with Gasteiger partial charge in [-0.1, -0.05) is 0 Å². The van der Waals surface area contributed by atoms with Crippen molar-refractivity contribution < 1.29 is 75.7 Å². The molecule has 0 N–H and O–H groups in total. The Morgan fingerprint density at radius 2 is 1.08 bits per heavy atom. The molecule has 0 aliphatic rings. The van der Waals surface area contributed by atoms with Gasteiger partial charge < -0.3 is 4.74 Å². The summed E-state index contributed by atoms with van der Waals surface area (Å²) < 4.78 is 175. The molecule has 25 heavy (non-hydrogen) atoms. The third-order valence-corrected chi connectivity index (χ3v) is 1.98. The smallest absolute Gasteiger partial charge is 0.452 e. The summed E-state index contributed by atoms with van der Waals surface area (Å²) in [4.78, 5) is 10.6. The Bertz CT molecular complexity index is 488. The van der Waals surface area contributed by atoms with Gasteiger partial charge in [-0.3, -0.25) is 4.74 Å². The predicted octanol–water partition coefficient (Wildman–Crippen LogP) is 4.13. The topological polar surface area (TPSA) is 35.5 Å². The van der Waals surface area contributed by atoms with Crippen molar-refractivity contribution in [3.63, 3.8) is 0 Å². The fourth-order valence-corrected chi connectivity index (χ4v) is 0.861. The van der Waals surface area contributed by atoms with Gasteiger partial charge in [0.2, 0.25) is 0 Å². The van der Waals surface area contributed by atoms with Crippen LogP contribution in [-0.4, -0.2) is 49.0 Å². The van der Waals surface area contributed by atoms with Crippen LogP contribution in [0.2, 0.25) is 0 Å². The van der Waals surface area contributed by atoms with Crippen LogP contribution in [-0.2, 0) is 14.3 Å². The van der Waals surface area contributed by atoms with Gasteiger partial charge in [0.15, 0.2) is 6.61 Å². The largest absolute Gasteiger partial charge is 0.462 e. The van der Waals surface area contributed by atoms with Gasteiger partial charge >= 0.3 is 42.4 Å². The molecular weight excluding hydrogens is 410 g/mol. The molecule has 0 aliphatic carbocycles. The van der Waals surface area contributed by atoms with E-state index in [-0.39, 0.29) is 0 Å². The average molecular weight is 412 g/mol. The lowest BCUT2D eigenvalue weighted by atomic mass is 10.2. The van der Waals surface area contributed by atoms with Crippen LogP contribution in [0.3, 0.4) is 0 Å². The number of carbonyl (C=O) groups is 1. The maximum Gasteiger partial charge on any atom is 0.462 e. The third kappa shape index (κ3) is 4.97. The zero-order chi connectivity index (χ0) is 20.7. The zero-order valence-corrected chi connectivity index (χ0v) is 10.7. The molecular formula is C8H2F14O3. The summed E-state index contributed by atoms with van der Waals surface area (Å²) in [7, 11) is 0. The van der Waals surface area contributed by atoms with Crippen LogP contribution in [0.5, 0.6) is 0 Å². The molecule has 0 saturated carbocycles. The van der Waals surface area contributed by atoms with Gasteiger partial charge in [0.1, 0.15) is 0 Å². The second-order valence-corrected chi connectivity index (χ2v) is 3.98. The molecule has 3 nitrogen and oxygen atoms in total. The molecule has 0 aliphatic heterocycles. The molecule has 0 rings (SSSR count). The highest BCUT2D eigenvalue weighted by Gasteiger charge is 2.80. The standard InChI is InChI=1S/C8H2F14O3/c9-3(10,11)1-24-2(23)4(12,6(15,16)17)25-8(21,22)5(13,14)7(18,19)20/h1H2/t4-/m1/s1. The van der Waals surface area contributed by atoms with E-state index in [0.717, 1.165) is 0 Å². The summed E-state index contributed by atoms with van der Waals surface area (Å²) in [6.07, 6.45) is -27.4. The highest BCUT2D eigenvalue weighted by Crippen LogP contribution is 2.51. The number of alkyl halides is 14. The SMILES string of the molecule is O=C(OCC(F)(F)F)[C@@](F)(OC(F)(F)C(F)(F)C(F)(F)F)C(F)(F)F. The maximum atomic E-state index is 13.3. The summed E-state index contributed by atoms with van der Waals surface area (Å²) in [5.41, 5.74) is 0. The third-order valence-electron chi connectivity index (χ3n) is 1.98. The second-order valence-electron chi connectivity index (χ2n) is 3.98. The first-order valence-corrected chi connectivity index (χ1v) is 5.10. The first-order valence-electron chi connectivity index (χ1n) is 5.10. The van der Waals surface area contributed by atoms with Crippen LogP contribution in [0, 0.1) is 0 Å². The summed E-state index contributed by atoms with van der Waals surface area (Å²) in [5.74, 6) is -18.2. The molecule has 0 aromatic carbocycles. The molecule has 0 radical (unpaired) electrons. The maximum absolute atomic E-state index is 13.3. The minimum atomic E-state index is -7.45. The van der Waals surface area contributed by atoms with E-state index in [1.807, 2.05) is 0 Å². The second kappa shape index (κ2) is 6.31. The Labute approximate surface area is 126 Å². The number of rotatable bonds is 5. The van der Waals surface area contributed by atoms with Gasteiger partial charge in [0.05, 0.1) is 0 Å². The van der Waals surface area contributed by atoms with E-state index in [1.54, 1.807) is 4.74 Å². The van der Waals surface area contributed by atoms with Crippen molar-refractivity contribution in [1.82, 2.24) is 0 Å². The molecule has 0 amide bonds. The van der Waals surface area contributed by atoms with Crippen LogP contribution in [0.4, 0.5) is 61.5 Å². The lowest BCUT2D eigenvalue weighted by Gasteiger charge is -2.33. The number of hydrogen-bond donors (Lipinski definition) is 0. The Morgan fingerprint density at radius 1 is 0.680 bits per heavy atom. The monoisotopic (exact) mass is 412 g/mol. The Kier molecular flexibility index (Phi) is 5.92. The van der Waals surface area contributed by atoms with E-state index >= 15 is 0 Å². The summed E-state index contributed by atoms with van der Waals surface area (Å²) in [6.45, 7) is -3.02. The van der Waals surface area contributed by atoms with Crippen LogP contribution in [0.1, 0.15) is 0 Å². The van der Waals surface area contributed by atoms with Crippen LogP contribution >= 0.6 is 0 Å². The molecule has 0 bridgehead atoms. The minimum Gasteiger partial charge on any atom is -0.452 e. The molecule has 1 atom stereocenters. The number of carbonyl (C=O) groups excluding carboxylic acids is 1.